The van der Waals surface area contributed by atoms with Crippen LogP contribution in [0.25, 0.3) is 10.9 Å². The number of nitrogens with zero attached hydrogens (tertiary/aromatic N) is 1. The molecule has 0 saturated carbocycles. The van der Waals surface area contributed by atoms with Gasteiger partial charge in [-0.1, -0.05) is 48.0 Å². The highest BCUT2D eigenvalue weighted by Crippen LogP contribution is 2.23. The summed E-state index contributed by atoms with van der Waals surface area (Å²) < 4.78 is 0. The van der Waals surface area contributed by atoms with Crippen LogP contribution in [0.3, 0.4) is 0 Å². The van der Waals surface area contributed by atoms with Gasteiger partial charge >= 0.3 is 0 Å². The van der Waals surface area contributed by atoms with Crippen molar-refractivity contribution in [3.05, 3.63) is 94.5 Å². The Morgan fingerprint density at radius 2 is 1.66 bits per heavy atom. The van der Waals surface area contributed by atoms with Crippen LogP contribution in [0, 0.1) is 0 Å². The second-order valence-corrected chi connectivity index (χ2v) is 6.83. The van der Waals surface area contributed by atoms with Gasteiger partial charge in [-0.2, -0.15) is 5.10 Å². The molecule has 1 aromatic heterocycles. The summed E-state index contributed by atoms with van der Waals surface area (Å²) in [5.74, 6) is -0.143. The minimum absolute atomic E-state index is 0.242. The standard InChI is InChI=1S/C22H17ClN4O2/c23-18-9-5-4-8-16(18)13-24-21(28)15-10-11-19-17(12-15)20(27-26-19)25-22(29)14-6-2-1-3-7-14/h1-12H,13H2,(H,24,28)(H2,25,26,27,29). The van der Waals surface area contributed by atoms with Crippen LogP contribution in [0.15, 0.2) is 72.8 Å². The minimum Gasteiger partial charge on any atom is -0.348 e. The number of H-pyrrole nitrogens is 1. The average Bonchev–Trinajstić information content (AvgIpc) is 3.15. The highest BCUT2D eigenvalue weighted by atomic mass is 35.5. The third-order valence-corrected chi connectivity index (χ3v) is 4.86. The third kappa shape index (κ3) is 4.12. The van der Waals surface area contributed by atoms with Crippen LogP contribution in [0.1, 0.15) is 26.3 Å². The molecule has 0 aliphatic heterocycles. The van der Waals surface area contributed by atoms with Crippen molar-refractivity contribution in [3.8, 4) is 0 Å². The van der Waals surface area contributed by atoms with Crippen LogP contribution in [0.5, 0.6) is 0 Å². The predicted molar refractivity (Wildman–Crippen MR) is 113 cm³/mol. The summed E-state index contributed by atoms with van der Waals surface area (Å²) in [5, 5.41) is 13.9. The van der Waals surface area contributed by atoms with E-state index in [0.717, 1.165) is 11.1 Å². The molecule has 6 nitrogen and oxygen atoms in total. The van der Waals surface area contributed by atoms with E-state index in [1.54, 1.807) is 48.5 Å². The van der Waals surface area contributed by atoms with Crippen molar-refractivity contribution in [2.75, 3.05) is 5.32 Å². The Balaban J connectivity index is 1.52. The molecule has 0 unspecified atom stereocenters. The number of fused-ring (bicyclic) bond motifs is 1. The maximum Gasteiger partial charge on any atom is 0.256 e. The van der Waals surface area contributed by atoms with Crippen molar-refractivity contribution in [1.29, 1.82) is 0 Å². The van der Waals surface area contributed by atoms with Crippen molar-refractivity contribution < 1.29 is 9.59 Å². The van der Waals surface area contributed by atoms with Crippen molar-refractivity contribution >= 4 is 40.1 Å². The topological polar surface area (TPSA) is 86.9 Å². The summed E-state index contributed by atoms with van der Waals surface area (Å²) in [6, 6.07) is 21.4. The van der Waals surface area contributed by atoms with Crippen molar-refractivity contribution in [3.63, 3.8) is 0 Å². The molecule has 2 amide bonds. The second-order valence-electron chi connectivity index (χ2n) is 6.43. The summed E-state index contributed by atoms with van der Waals surface area (Å²) in [6.45, 7) is 0.319. The Morgan fingerprint density at radius 1 is 0.897 bits per heavy atom. The van der Waals surface area contributed by atoms with Gasteiger partial charge in [0.05, 0.1) is 5.52 Å². The summed E-state index contributed by atoms with van der Waals surface area (Å²) >= 11 is 6.13. The third-order valence-electron chi connectivity index (χ3n) is 4.49. The highest BCUT2D eigenvalue weighted by Gasteiger charge is 2.14. The van der Waals surface area contributed by atoms with Gasteiger partial charge in [0.2, 0.25) is 0 Å². The normalized spacial score (nSPS) is 10.7. The van der Waals surface area contributed by atoms with Gasteiger partial charge in [-0.25, -0.2) is 0 Å². The van der Waals surface area contributed by atoms with E-state index in [-0.39, 0.29) is 11.8 Å². The van der Waals surface area contributed by atoms with E-state index in [0.29, 0.717) is 33.9 Å². The van der Waals surface area contributed by atoms with Crippen LogP contribution in [-0.4, -0.2) is 22.0 Å². The first-order valence-electron chi connectivity index (χ1n) is 8.98. The molecule has 0 spiro atoms. The molecule has 0 fully saturated rings. The largest absolute Gasteiger partial charge is 0.348 e. The lowest BCUT2D eigenvalue weighted by molar-refractivity contribution is 0.0950. The van der Waals surface area contributed by atoms with Gasteiger partial charge in [0.1, 0.15) is 0 Å². The lowest BCUT2D eigenvalue weighted by Crippen LogP contribution is -2.22. The number of nitrogens with one attached hydrogen (secondary N) is 3. The zero-order valence-corrected chi connectivity index (χ0v) is 16.0. The maximum atomic E-state index is 12.6. The van der Waals surface area contributed by atoms with Crippen molar-refractivity contribution in [2.45, 2.75) is 6.54 Å². The number of hydrogen-bond donors (Lipinski definition) is 3. The monoisotopic (exact) mass is 404 g/mol. The summed E-state index contributed by atoms with van der Waals surface area (Å²) in [5.41, 5.74) is 2.54. The fourth-order valence-electron chi connectivity index (χ4n) is 2.94. The number of amides is 2. The first-order chi connectivity index (χ1) is 14.1. The molecule has 0 bridgehead atoms. The van der Waals surface area contributed by atoms with Gasteiger partial charge in [-0.15, -0.1) is 0 Å². The first-order valence-corrected chi connectivity index (χ1v) is 9.36. The average molecular weight is 405 g/mol. The van der Waals surface area contributed by atoms with Gasteiger partial charge in [0.25, 0.3) is 11.8 Å². The Morgan fingerprint density at radius 3 is 2.45 bits per heavy atom. The SMILES string of the molecule is O=C(NCc1ccccc1Cl)c1ccc2[nH]nc(NC(=O)c3ccccc3)c2c1. The van der Waals surface area contributed by atoms with Crippen LogP contribution in [0.4, 0.5) is 5.82 Å². The number of rotatable bonds is 5. The molecule has 29 heavy (non-hydrogen) atoms. The van der Waals surface area contributed by atoms with Gasteiger partial charge in [-0.05, 0) is 42.0 Å². The van der Waals surface area contributed by atoms with E-state index < -0.39 is 0 Å². The number of carbonyl (C=O) groups is 2. The molecular formula is C22H17ClN4O2. The Bertz CT molecular complexity index is 1190. The molecule has 0 radical (unpaired) electrons. The molecule has 7 heteroatoms. The molecule has 144 valence electrons. The molecule has 3 N–H and O–H groups in total. The zero-order chi connectivity index (χ0) is 20.2. The molecule has 0 aliphatic rings. The molecule has 0 aliphatic carbocycles. The van der Waals surface area contributed by atoms with E-state index in [2.05, 4.69) is 20.8 Å². The number of halogens is 1. The van der Waals surface area contributed by atoms with Crippen LogP contribution in [-0.2, 0) is 6.54 Å². The quantitative estimate of drug-likeness (QED) is 0.460. The zero-order valence-electron chi connectivity index (χ0n) is 15.3. The van der Waals surface area contributed by atoms with E-state index in [9.17, 15) is 9.59 Å². The molecule has 0 atom stereocenters. The van der Waals surface area contributed by atoms with Gasteiger partial charge in [-0.3, -0.25) is 14.7 Å². The number of benzene rings is 3. The van der Waals surface area contributed by atoms with E-state index in [1.165, 1.54) is 0 Å². The first kappa shape index (κ1) is 18.7. The maximum absolute atomic E-state index is 12.6. The Kier molecular flexibility index (Phi) is 5.27. The Hall–Kier alpha value is -3.64. The van der Waals surface area contributed by atoms with E-state index in [1.807, 2.05) is 24.3 Å². The molecule has 4 aromatic rings. The van der Waals surface area contributed by atoms with Gasteiger partial charge < -0.3 is 10.6 Å². The van der Waals surface area contributed by atoms with Gasteiger partial charge in [0.15, 0.2) is 5.82 Å². The van der Waals surface area contributed by atoms with Gasteiger partial charge in [0, 0.05) is 28.1 Å². The number of carbonyl (C=O) groups excluding carboxylic acids is 2. The number of aromatic amines is 1. The van der Waals surface area contributed by atoms with Crippen LogP contribution in [0.2, 0.25) is 5.02 Å². The van der Waals surface area contributed by atoms with Crippen molar-refractivity contribution in [1.82, 2.24) is 15.5 Å². The number of aromatic nitrogens is 2. The van der Waals surface area contributed by atoms with Crippen molar-refractivity contribution in [2.24, 2.45) is 0 Å². The van der Waals surface area contributed by atoms with Crippen LogP contribution >= 0.6 is 11.6 Å². The molecule has 4 rings (SSSR count). The molecular weight excluding hydrogens is 388 g/mol. The molecule has 3 aromatic carbocycles. The fraction of sp³-hybridized carbons (Fsp3) is 0.0455. The second kappa shape index (κ2) is 8.16. The van der Waals surface area contributed by atoms with Crippen LogP contribution < -0.4 is 10.6 Å². The lowest BCUT2D eigenvalue weighted by Gasteiger charge is -2.07. The minimum atomic E-state index is -0.271. The number of anilines is 1. The highest BCUT2D eigenvalue weighted by molar-refractivity contribution is 6.31. The smallest absolute Gasteiger partial charge is 0.256 e. The lowest BCUT2D eigenvalue weighted by atomic mass is 10.1. The Labute approximate surface area is 171 Å². The van der Waals surface area contributed by atoms with E-state index in [4.69, 9.17) is 11.6 Å². The molecule has 1 heterocycles. The summed E-state index contributed by atoms with van der Waals surface area (Å²) in [6.07, 6.45) is 0. The fourth-order valence-corrected chi connectivity index (χ4v) is 3.14. The summed E-state index contributed by atoms with van der Waals surface area (Å²) in [7, 11) is 0. The predicted octanol–water partition coefficient (Wildman–Crippen LogP) is 4.40. The van der Waals surface area contributed by atoms with E-state index >= 15 is 0 Å². The number of hydrogen-bond acceptors (Lipinski definition) is 3. The summed E-state index contributed by atoms with van der Waals surface area (Å²) in [4.78, 5) is 25.0. The molecule has 0 saturated heterocycles.